The van der Waals surface area contributed by atoms with Gasteiger partial charge in [0, 0.05) is 52.3 Å². The molecule has 0 atom stereocenters. The van der Waals surface area contributed by atoms with Crippen LogP contribution in [0.5, 0.6) is 11.5 Å². The van der Waals surface area contributed by atoms with Gasteiger partial charge in [-0.2, -0.15) is 0 Å². The van der Waals surface area contributed by atoms with Crippen molar-refractivity contribution in [2.75, 3.05) is 0 Å². The molecule has 9 heteroatoms. The Balaban J connectivity index is 1.19. The van der Waals surface area contributed by atoms with E-state index in [0.29, 0.717) is 11.5 Å². The Hall–Kier alpha value is -4.28. The van der Waals surface area contributed by atoms with E-state index in [1.54, 1.807) is 0 Å². The summed E-state index contributed by atoms with van der Waals surface area (Å²) >= 11 is 14.2. The Morgan fingerprint density at radius 3 is 0.857 bits per heavy atom. The van der Waals surface area contributed by atoms with Gasteiger partial charge in [-0.3, -0.25) is 0 Å². The van der Waals surface area contributed by atoms with E-state index in [4.69, 9.17) is 24.7 Å². The molecule has 236 valence electrons. The lowest BCUT2D eigenvalue weighted by Gasteiger charge is -2.13. The van der Waals surface area contributed by atoms with Crippen molar-refractivity contribution in [1.29, 1.82) is 0 Å². The highest BCUT2D eigenvalue weighted by Gasteiger charge is 2.16. The second kappa shape index (κ2) is 13.6. The van der Waals surface area contributed by atoms with Gasteiger partial charge in [0.2, 0.25) is 0 Å². The van der Waals surface area contributed by atoms with Crippen LogP contribution < -0.4 is 4.74 Å². The van der Waals surface area contributed by atoms with Crippen molar-refractivity contribution in [2.24, 2.45) is 0 Å². The van der Waals surface area contributed by atoms with E-state index in [9.17, 15) is 0 Å². The monoisotopic (exact) mass is 890 g/mol. The molecular weight excluding hydrogens is 872 g/mol. The summed E-state index contributed by atoms with van der Waals surface area (Å²) in [5.74, 6) is 1.29. The Kier molecular flexibility index (Phi) is 8.84. The molecule has 0 amide bonds. The maximum Gasteiger partial charge on any atom is 0.129 e. The molecule has 5 nitrogen and oxygen atoms in total. The first-order valence-electron chi connectivity index (χ1n) is 15.2. The van der Waals surface area contributed by atoms with Crippen molar-refractivity contribution in [3.63, 3.8) is 0 Å². The summed E-state index contributed by atoms with van der Waals surface area (Å²) < 4.78 is 10.4. The topological polar surface area (TPSA) is 60.8 Å². The number of hydrogen-bond donors (Lipinski definition) is 0. The molecule has 0 saturated carbocycles. The molecule has 0 aliphatic rings. The fraction of sp³-hybridized carbons (Fsp3) is 0. The number of aromatic nitrogens is 4. The summed E-state index contributed by atoms with van der Waals surface area (Å²) in [5, 5.41) is 0. The quantitative estimate of drug-likeness (QED) is 0.166. The second-order valence-electron chi connectivity index (χ2n) is 11.3. The van der Waals surface area contributed by atoms with Crippen LogP contribution in [0.2, 0.25) is 0 Å². The van der Waals surface area contributed by atoms with E-state index in [0.717, 1.165) is 85.0 Å². The third-order valence-corrected chi connectivity index (χ3v) is 10.1. The number of nitrogens with zero attached hydrogens (tertiary/aromatic N) is 4. The predicted molar refractivity (Wildman–Crippen MR) is 212 cm³/mol. The first-order chi connectivity index (χ1) is 23.9. The molecule has 0 N–H and O–H groups in total. The largest absolute Gasteiger partial charge is 0.457 e. The van der Waals surface area contributed by atoms with Crippen LogP contribution in [0.3, 0.4) is 0 Å². The number of fused-ring (bicyclic) bond motifs is 2. The standard InChI is InChI=1S/C40H22Br4N4O/c41-27-9-1-23(2-10-27)37-39(25-5-13-29(43)14-6-25)47-35-21-31(17-19-33(35)45-37)49-32-18-20-34-36(22-32)48-40(26-7-15-30(44)16-8-26)38(46-34)24-3-11-28(42)12-4-24/h1-22H. The molecule has 0 fully saturated rings. The SMILES string of the molecule is Brc1ccc(-c2nc3ccc(Oc4ccc5nc(-c6ccc(Br)cc6)c(-c6ccc(Br)cc6)nc5c4)cc3nc2-c2ccc(Br)cc2)cc1. The average Bonchev–Trinajstić information content (AvgIpc) is 3.12. The van der Waals surface area contributed by atoms with Crippen molar-refractivity contribution in [3.8, 4) is 56.5 Å². The Labute approximate surface area is 316 Å². The molecule has 0 aliphatic heterocycles. The maximum atomic E-state index is 6.41. The molecular formula is C40H22Br4N4O. The van der Waals surface area contributed by atoms with E-state index < -0.39 is 0 Å². The van der Waals surface area contributed by atoms with Crippen LogP contribution in [0.15, 0.2) is 151 Å². The predicted octanol–water partition coefficient (Wildman–Crippen LogP) is 13.1. The van der Waals surface area contributed by atoms with Gasteiger partial charge >= 0.3 is 0 Å². The molecule has 2 aromatic heterocycles. The maximum absolute atomic E-state index is 6.41. The van der Waals surface area contributed by atoms with Gasteiger partial charge in [-0.05, 0) is 72.8 Å². The van der Waals surface area contributed by atoms with Gasteiger partial charge in [0.1, 0.15) is 11.5 Å². The van der Waals surface area contributed by atoms with Gasteiger partial charge in [0.05, 0.1) is 44.8 Å². The minimum Gasteiger partial charge on any atom is -0.457 e. The van der Waals surface area contributed by atoms with Crippen molar-refractivity contribution in [2.45, 2.75) is 0 Å². The van der Waals surface area contributed by atoms with Crippen molar-refractivity contribution in [1.82, 2.24) is 19.9 Å². The van der Waals surface area contributed by atoms with Crippen molar-refractivity contribution in [3.05, 3.63) is 151 Å². The van der Waals surface area contributed by atoms with E-state index in [1.165, 1.54) is 0 Å². The van der Waals surface area contributed by atoms with Gasteiger partial charge in [0.15, 0.2) is 0 Å². The number of benzene rings is 6. The lowest BCUT2D eigenvalue weighted by atomic mass is 10.0. The van der Waals surface area contributed by atoms with Gasteiger partial charge < -0.3 is 4.74 Å². The van der Waals surface area contributed by atoms with E-state index in [-0.39, 0.29) is 0 Å². The lowest BCUT2D eigenvalue weighted by Crippen LogP contribution is -1.97. The molecule has 0 aliphatic carbocycles. The lowest BCUT2D eigenvalue weighted by molar-refractivity contribution is 0.484. The summed E-state index contributed by atoms with van der Waals surface area (Å²) in [6, 6.07) is 44.1. The van der Waals surface area contributed by atoms with Gasteiger partial charge in [-0.1, -0.05) is 112 Å². The summed E-state index contributed by atoms with van der Waals surface area (Å²) in [6.07, 6.45) is 0. The summed E-state index contributed by atoms with van der Waals surface area (Å²) in [5.41, 5.74) is 10.1. The molecule has 8 aromatic rings. The van der Waals surface area contributed by atoms with Crippen LogP contribution in [0.25, 0.3) is 67.1 Å². The van der Waals surface area contributed by atoms with Crippen molar-refractivity contribution >= 4 is 85.8 Å². The number of ether oxygens (including phenoxy) is 1. The van der Waals surface area contributed by atoms with Crippen molar-refractivity contribution < 1.29 is 4.74 Å². The van der Waals surface area contributed by atoms with Crippen LogP contribution in [0, 0.1) is 0 Å². The molecule has 0 spiro atoms. The minimum absolute atomic E-state index is 0.645. The zero-order valence-electron chi connectivity index (χ0n) is 25.4. The molecule has 6 aromatic carbocycles. The Bertz CT molecular complexity index is 2310. The Morgan fingerprint density at radius 2 is 0.571 bits per heavy atom. The zero-order chi connectivity index (χ0) is 33.5. The van der Waals surface area contributed by atoms with E-state index in [2.05, 4.69) is 63.7 Å². The highest BCUT2D eigenvalue weighted by atomic mass is 79.9. The third-order valence-electron chi connectivity index (χ3n) is 7.98. The fourth-order valence-electron chi connectivity index (χ4n) is 5.57. The molecule has 8 rings (SSSR count). The number of rotatable bonds is 6. The number of hydrogen-bond acceptors (Lipinski definition) is 5. The van der Waals surface area contributed by atoms with Crippen LogP contribution in [0.1, 0.15) is 0 Å². The molecule has 0 bridgehead atoms. The minimum atomic E-state index is 0.645. The summed E-state index contributed by atoms with van der Waals surface area (Å²) in [4.78, 5) is 20.4. The second-order valence-corrected chi connectivity index (χ2v) is 14.9. The normalized spacial score (nSPS) is 11.3. The summed E-state index contributed by atoms with van der Waals surface area (Å²) in [7, 11) is 0. The van der Waals surface area contributed by atoms with E-state index >= 15 is 0 Å². The fourth-order valence-corrected chi connectivity index (χ4v) is 6.62. The van der Waals surface area contributed by atoms with Gasteiger partial charge in [-0.25, -0.2) is 19.9 Å². The van der Waals surface area contributed by atoms with Crippen LogP contribution >= 0.6 is 63.7 Å². The zero-order valence-corrected chi connectivity index (χ0v) is 31.8. The van der Waals surface area contributed by atoms with Gasteiger partial charge in [0.25, 0.3) is 0 Å². The Morgan fingerprint density at radius 1 is 0.306 bits per heavy atom. The average molecular weight is 894 g/mol. The molecule has 2 heterocycles. The van der Waals surface area contributed by atoms with E-state index in [1.807, 2.05) is 133 Å². The van der Waals surface area contributed by atoms with Crippen LogP contribution in [-0.4, -0.2) is 19.9 Å². The van der Waals surface area contributed by atoms with Crippen LogP contribution in [0.4, 0.5) is 0 Å². The summed E-state index contributed by atoms with van der Waals surface area (Å²) in [6.45, 7) is 0. The van der Waals surface area contributed by atoms with Gasteiger partial charge in [-0.15, -0.1) is 0 Å². The third kappa shape index (κ3) is 6.81. The highest BCUT2D eigenvalue weighted by molar-refractivity contribution is 9.11. The first kappa shape index (κ1) is 32.0. The molecule has 0 unspecified atom stereocenters. The molecule has 0 radical (unpaired) electrons. The first-order valence-corrected chi connectivity index (χ1v) is 18.4. The molecule has 0 saturated heterocycles. The number of halogens is 4. The van der Waals surface area contributed by atoms with Crippen LogP contribution in [-0.2, 0) is 0 Å². The molecule has 49 heavy (non-hydrogen) atoms. The smallest absolute Gasteiger partial charge is 0.129 e. The highest BCUT2D eigenvalue weighted by Crippen LogP contribution is 2.36.